The van der Waals surface area contributed by atoms with Gasteiger partial charge in [-0.15, -0.1) is 11.3 Å². The quantitative estimate of drug-likeness (QED) is 0.629. The number of urea groups is 1. The summed E-state index contributed by atoms with van der Waals surface area (Å²) in [5, 5.41) is 10.6. The van der Waals surface area contributed by atoms with E-state index < -0.39 is 6.03 Å². The van der Waals surface area contributed by atoms with E-state index in [1.165, 1.54) is 23.5 Å². The van der Waals surface area contributed by atoms with Gasteiger partial charge in [-0.05, 0) is 24.1 Å². The first kappa shape index (κ1) is 20.2. The number of anilines is 1. The molecule has 28 heavy (non-hydrogen) atoms. The van der Waals surface area contributed by atoms with E-state index in [0.29, 0.717) is 36.9 Å². The fraction of sp³-hybridized carbons (Fsp3) is 0.421. The van der Waals surface area contributed by atoms with Crippen LogP contribution in [0.5, 0.6) is 0 Å². The predicted molar refractivity (Wildman–Crippen MR) is 105 cm³/mol. The zero-order valence-electron chi connectivity index (χ0n) is 15.6. The smallest absolute Gasteiger partial charge is 0.321 e. The number of benzene rings is 1. The van der Waals surface area contributed by atoms with Gasteiger partial charge in [0.1, 0.15) is 5.82 Å². The van der Waals surface area contributed by atoms with Crippen LogP contribution in [0, 0.1) is 11.2 Å². The summed E-state index contributed by atoms with van der Waals surface area (Å²) in [6, 6.07) is 5.64. The van der Waals surface area contributed by atoms with E-state index in [4.69, 9.17) is 4.74 Å². The molecule has 3 rings (SSSR count). The van der Waals surface area contributed by atoms with Crippen molar-refractivity contribution in [2.45, 2.75) is 26.3 Å². The van der Waals surface area contributed by atoms with Crippen molar-refractivity contribution in [2.24, 2.45) is 5.41 Å². The molecule has 2 aromatic rings. The number of hydrogen-bond donors (Lipinski definition) is 3. The van der Waals surface area contributed by atoms with Gasteiger partial charge < -0.3 is 15.4 Å². The average molecular weight is 406 g/mol. The Morgan fingerprint density at radius 2 is 2.14 bits per heavy atom. The second-order valence-corrected chi connectivity index (χ2v) is 7.57. The first-order valence-electron chi connectivity index (χ1n) is 9.10. The van der Waals surface area contributed by atoms with Crippen molar-refractivity contribution in [3.05, 3.63) is 46.7 Å². The minimum Gasteiger partial charge on any atom is -0.379 e. The molecule has 1 aliphatic heterocycles. The van der Waals surface area contributed by atoms with Crippen molar-refractivity contribution in [2.75, 3.05) is 25.1 Å². The molecular formula is C19H23FN4O3S. The number of hydrogen-bond acceptors (Lipinski definition) is 5. The van der Waals surface area contributed by atoms with E-state index in [9.17, 15) is 14.0 Å². The van der Waals surface area contributed by atoms with Crippen LogP contribution in [0.25, 0.3) is 0 Å². The van der Waals surface area contributed by atoms with Crippen LogP contribution in [-0.4, -0.2) is 36.7 Å². The summed E-state index contributed by atoms with van der Waals surface area (Å²) in [6.07, 6.45) is 1.34. The molecule has 0 bridgehead atoms. The number of amides is 3. The molecule has 0 aliphatic carbocycles. The van der Waals surface area contributed by atoms with E-state index in [0.717, 1.165) is 12.1 Å². The summed E-state index contributed by atoms with van der Waals surface area (Å²) in [6.45, 7) is 3.64. The van der Waals surface area contributed by atoms with Gasteiger partial charge in [-0.3, -0.25) is 10.1 Å². The van der Waals surface area contributed by atoms with Crippen molar-refractivity contribution in [3.63, 3.8) is 0 Å². The number of rotatable bonds is 8. The highest BCUT2D eigenvalue weighted by molar-refractivity contribution is 7.13. The van der Waals surface area contributed by atoms with Gasteiger partial charge in [-0.1, -0.05) is 19.1 Å². The predicted octanol–water partition coefficient (Wildman–Crippen LogP) is 2.69. The van der Waals surface area contributed by atoms with Crippen LogP contribution < -0.4 is 16.0 Å². The molecule has 1 saturated heterocycles. The number of halogens is 1. The maximum atomic E-state index is 13.1. The highest BCUT2D eigenvalue weighted by Gasteiger charge is 2.43. The minimum atomic E-state index is -0.409. The summed E-state index contributed by atoms with van der Waals surface area (Å²) in [7, 11) is 0. The van der Waals surface area contributed by atoms with Crippen LogP contribution in [0.2, 0.25) is 0 Å². The SMILES string of the molecule is CCC1(C(=O)NCCc2csc(NC(=O)NCc3cccc(F)c3)n2)COC1. The third-order valence-electron chi connectivity index (χ3n) is 4.70. The molecule has 0 spiro atoms. The fourth-order valence-corrected chi connectivity index (χ4v) is 3.53. The first-order valence-corrected chi connectivity index (χ1v) is 9.98. The summed E-state index contributed by atoms with van der Waals surface area (Å²) in [4.78, 5) is 28.5. The zero-order valence-corrected chi connectivity index (χ0v) is 16.4. The van der Waals surface area contributed by atoms with Crippen LogP contribution in [0.1, 0.15) is 24.6 Å². The lowest BCUT2D eigenvalue weighted by Gasteiger charge is -2.38. The highest BCUT2D eigenvalue weighted by Crippen LogP contribution is 2.31. The highest BCUT2D eigenvalue weighted by atomic mass is 32.1. The fourth-order valence-electron chi connectivity index (χ4n) is 2.79. The molecule has 1 fully saturated rings. The van der Waals surface area contributed by atoms with Crippen LogP contribution in [0.4, 0.5) is 14.3 Å². The Balaban J connectivity index is 1.40. The topological polar surface area (TPSA) is 92.4 Å². The summed E-state index contributed by atoms with van der Waals surface area (Å²) >= 11 is 1.31. The first-order chi connectivity index (χ1) is 13.5. The zero-order chi connectivity index (χ0) is 20.0. The molecule has 9 heteroatoms. The molecule has 1 aromatic heterocycles. The van der Waals surface area contributed by atoms with E-state index in [1.807, 2.05) is 12.3 Å². The van der Waals surface area contributed by atoms with Gasteiger partial charge in [0.25, 0.3) is 0 Å². The molecule has 1 aromatic carbocycles. The lowest BCUT2D eigenvalue weighted by molar-refractivity contribution is -0.162. The van der Waals surface area contributed by atoms with Gasteiger partial charge >= 0.3 is 6.03 Å². The van der Waals surface area contributed by atoms with Crippen LogP contribution in [0.3, 0.4) is 0 Å². The van der Waals surface area contributed by atoms with E-state index in [2.05, 4.69) is 20.9 Å². The molecule has 0 unspecified atom stereocenters. The molecule has 2 heterocycles. The maximum absolute atomic E-state index is 13.1. The second-order valence-electron chi connectivity index (χ2n) is 6.71. The van der Waals surface area contributed by atoms with Crippen molar-refractivity contribution in [1.82, 2.24) is 15.6 Å². The van der Waals surface area contributed by atoms with Gasteiger partial charge in [0, 0.05) is 24.9 Å². The molecule has 0 saturated carbocycles. The molecule has 1 aliphatic rings. The van der Waals surface area contributed by atoms with Crippen molar-refractivity contribution >= 4 is 28.4 Å². The summed E-state index contributed by atoms with van der Waals surface area (Å²) < 4.78 is 18.3. The lowest BCUT2D eigenvalue weighted by atomic mass is 9.82. The maximum Gasteiger partial charge on any atom is 0.321 e. The molecule has 3 amide bonds. The molecular weight excluding hydrogens is 383 g/mol. The third kappa shape index (κ3) is 5.05. The van der Waals surface area contributed by atoms with Crippen molar-refractivity contribution in [1.29, 1.82) is 0 Å². The third-order valence-corrected chi connectivity index (χ3v) is 5.50. The number of ether oxygens (including phenoxy) is 1. The summed E-state index contributed by atoms with van der Waals surface area (Å²) in [5.74, 6) is -0.322. The number of carbonyl (C=O) groups is 2. The standard InChI is InChI=1S/C19H23FN4O3S/c1-2-19(11-27-12-19)16(25)21-7-6-15-10-28-18(23-15)24-17(26)22-9-13-4-3-5-14(20)8-13/h3-5,8,10H,2,6-7,9,11-12H2,1H3,(H,21,25)(H2,22,23,24,26). The van der Waals surface area contributed by atoms with Crippen molar-refractivity contribution in [3.8, 4) is 0 Å². The normalized spacial score (nSPS) is 14.8. The van der Waals surface area contributed by atoms with Crippen LogP contribution in [0.15, 0.2) is 29.6 Å². The minimum absolute atomic E-state index is 0.0200. The Morgan fingerprint density at radius 1 is 1.32 bits per heavy atom. The Bertz CT molecular complexity index is 833. The lowest BCUT2D eigenvalue weighted by Crippen LogP contribution is -2.53. The Kier molecular flexibility index (Phi) is 6.58. The molecule has 150 valence electrons. The van der Waals surface area contributed by atoms with Gasteiger partial charge in [0.15, 0.2) is 5.13 Å². The van der Waals surface area contributed by atoms with Crippen molar-refractivity contribution < 1.29 is 18.7 Å². The molecule has 0 atom stereocenters. The largest absolute Gasteiger partial charge is 0.379 e. The number of thiazole rings is 1. The number of nitrogens with one attached hydrogen (secondary N) is 3. The second kappa shape index (κ2) is 9.11. The van der Waals surface area contributed by atoms with E-state index >= 15 is 0 Å². The molecule has 3 N–H and O–H groups in total. The molecule has 7 nitrogen and oxygen atoms in total. The number of aromatic nitrogens is 1. The van der Waals surface area contributed by atoms with E-state index in [-0.39, 0.29) is 23.7 Å². The molecule has 0 radical (unpaired) electrons. The van der Waals surface area contributed by atoms with E-state index in [1.54, 1.807) is 12.1 Å². The Labute approximate surface area is 166 Å². The number of nitrogens with zero attached hydrogens (tertiary/aromatic N) is 1. The van der Waals surface area contributed by atoms with Gasteiger partial charge in [-0.25, -0.2) is 14.2 Å². The van der Waals surface area contributed by atoms with Crippen LogP contribution in [-0.2, 0) is 22.5 Å². The monoisotopic (exact) mass is 406 g/mol. The Morgan fingerprint density at radius 3 is 2.82 bits per heavy atom. The van der Waals surface area contributed by atoms with Gasteiger partial charge in [0.05, 0.1) is 24.3 Å². The summed E-state index contributed by atoms with van der Waals surface area (Å²) in [5.41, 5.74) is 1.09. The average Bonchev–Trinajstić information content (AvgIpc) is 3.07. The Hall–Kier alpha value is -2.52. The van der Waals surface area contributed by atoms with Gasteiger partial charge in [0.2, 0.25) is 5.91 Å². The van der Waals surface area contributed by atoms with Gasteiger partial charge in [-0.2, -0.15) is 0 Å². The number of carbonyl (C=O) groups excluding carboxylic acids is 2. The van der Waals surface area contributed by atoms with Crippen LogP contribution >= 0.6 is 11.3 Å².